The number of carbonyl (C=O) groups excluding carboxylic acids is 1. The topological polar surface area (TPSA) is 75.1 Å². The first-order valence-electron chi connectivity index (χ1n) is 11.7. The Morgan fingerprint density at radius 3 is 2.69 bits per heavy atom. The molecule has 0 spiro atoms. The van der Waals surface area contributed by atoms with Crippen LogP contribution in [0.2, 0.25) is 0 Å². The van der Waals surface area contributed by atoms with Crippen molar-refractivity contribution in [3.8, 4) is 16.9 Å². The van der Waals surface area contributed by atoms with Crippen LogP contribution in [0.15, 0.2) is 36.9 Å². The van der Waals surface area contributed by atoms with Crippen molar-refractivity contribution in [3.63, 3.8) is 0 Å². The number of carbonyl (C=O) groups is 1. The molecule has 10 heteroatoms. The molecule has 5 rings (SSSR count). The molecule has 2 atom stereocenters. The minimum absolute atomic E-state index is 0.0503. The second-order valence-corrected chi connectivity index (χ2v) is 9.41. The third-order valence-electron chi connectivity index (χ3n) is 6.52. The van der Waals surface area contributed by atoms with Gasteiger partial charge in [-0.15, -0.1) is 0 Å². The van der Waals surface area contributed by atoms with Gasteiger partial charge in [0.1, 0.15) is 12.0 Å². The summed E-state index contributed by atoms with van der Waals surface area (Å²) in [5.41, 5.74) is 2.07. The fraction of sp³-hybridized carbons (Fsp3) is 0.400. The molecule has 35 heavy (non-hydrogen) atoms. The molecule has 2 fully saturated rings. The first-order valence-corrected chi connectivity index (χ1v) is 11.7. The Hall–Kier alpha value is -3.40. The van der Waals surface area contributed by atoms with E-state index in [2.05, 4.69) is 20.6 Å². The van der Waals surface area contributed by atoms with Crippen molar-refractivity contribution in [1.82, 2.24) is 24.8 Å². The van der Waals surface area contributed by atoms with Gasteiger partial charge in [0.15, 0.2) is 0 Å². The van der Waals surface area contributed by atoms with Crippen molar-refractivity contribution in [2.45, 2.75) is 44.4 Å². The number of aryl methyl sites for hydroxylation is 1. The van der Waals surface area contributed by atoms with Gasteiger partial charge < -0.3 is 20.1 Å². The summed E-state index contributed by atoms with van der Waals surface area (Å²) < 4.78 is 45.2. The van der Waals surface area contributed by atoms with E-state index in [0.717, 1.165) is 19.4 Å². The van der Waals surface area contributed by atoms with E-state index in [-0.39, 0.29) is 23.2 Å². The van der Waals surface area contributed by atoms with Gasteiger partial charge in [0.05, 0.1) is 46.8 Å². The molecule has 2 aromatic heterocycles. The summed E-state index contributed by atoms with van der Waals surface area (Å²) in [5, 5.41) is 5.93. The average molecular weight is 485 g/mol. The number of pyridine rings is 1. The summed E-state index contributed by atoms with van der Waals surface area (Å²) in [6, 6.07) is 4.06. The third-order valence-corrected chi connectivity index (χ3v) is 6.52. The molecule has 1 aromatic carbocycles. The number of hydrogen-bond donors (Lipinski definition) is 2. The number of nitrogens with one attached hydrogen (secondary N) is 2. The zero-order chi connectivity index (χ0) is 24.7. The lowest BCUT2D eigenvalue weighted by Gasteiger charge is -2.33. The third kappa shape index (κ3) is 5.02. The first kappa shape index (κ1) is 23.3. The number of alkyl halides is 1. The molecule has 1 aliphatic heterocycles. The Morgan fingerprint density at radius 1 is 1.14 bits per heavy atom. The lowest BCUT2D eigenvalue weighted by atomic mass is 10.0. The predicted molar refractivity (Wildman–Crippen MR) is 126 cm³/mol. The van der Waals surface area contributed by atoms with Gasteiger partial charge in [0.2, 0.25) is 5.95 Å². The van der Waals surface area contributed by atoms with E-state index in [0.29, 0.717) is 35.6 Å². The number of likely N-dealkylation sites (tertiary alicyclic amines) is 1. The standard InChI is InChI=1S/C25H27F3N6O/c1-14-7-19(26)17(25(35)32-15-3-4-15)9-23(14)34-12-22(30-13-34)18-8-16(10-29-24(18)28)31-21-5-6-33(2)11-20(21)27/h7-10,12-13,15,20-21,31H,3-6,11H2,1-2H3,(H,32,35)/t20-,21+/m1/s1. The Bertz CT molecular complexity index is 1260. The molecule has 0 bridgehead atoms. The number of rotatable bonds is 6. The number of halogens is 3. The van der Waals surface area contributed by atoms with Crippen LogP contribution in [0.1, 0.15) is 35.2 Å². The fourth-order valence-electron chi connectivity index (χ4n) is 4.34. The molecular formula is C25H27F3N6O. The molecule has 7 nitrogen and oxygen atoms in total. The number of benzene rings is 1. The van der Waals surface area contributed by atoms with Crippen molar-refractivity contribution >= 4 is 11.6 Å². The maximum atomic E-state index is 14.6. The van der Waals surface area contributed by atoms with Gasteiger partial charge in [0.25, 0.3) is 5.91 Å². The van der Waals surface area contributed by atoms with Crippen molar-refractivity contribution in [1.29, 1.82) is 0 Å². The second kappa shape index (κ2) is 9.33. The van der Waals surface area contributed by atoms with Crippen LogP contribution in [0, 0.1) is 18.7 Å². The SMILES string of the molecule is Cc1cc(F)c(C(=O)NC2CC2)cc1-n1cnc(-c2cc(N[C@H]3CCN(C)C[C@H]3F)cnc2F)c1. The summed E-state index contributed by atoms with van der Waals surface area (Å²) >= 11 is 0. The maximum absolute atomic E-state index is 14.6. The Labute approximate surface area is 201 Å². The number of hydrogen-bond acceptors (Lipinski definition) is 5. The van der Waals surface area contributed by atoms with Gasteiger partial charge in [-0.25, -0.2) is 18.7 Å². The molecule has 0 radical (unpaired) electrons. The Kier molecular flexibility index (Phi) is 6.22. The maximum Gasteiger partial charge on any atom is 0.254 e. The van der Waals surface area contributed by atoms with Crippen molar-refractivity contribution in [3.05, 3.63) is 59.8 Å². The van der Waals surface area contributed by atoms with E-state index >= 15 is 0 Å². The van der Waals surface area contributed by atoms with Gasteiger partial charge in [0, 0.05) is 25.3 Å². The predicted octanol–water partition coefficient (Wildman–Crippen LogP) is 3.87. The molecular weight excluding hydrogens is 457 g/mol. The molecule has 184 valence electrons. The minimum atomic E-state index is -1.05. The molecule has 3 aromatic rings. The van der Waals surface area contributed by atoms with Crippen LogP contribution in [0.25, 0.3) is 16.9 Å². The van der Waals surface area contributed by atoms with Crippen LogP contribution < -0.4 is 10.6 Å². The summed E-state index contributed by atoms with van der Waals surface area (Å²) in [6.07, 6.45) is 5.79. The molecule has 2 aliphatic rings. The van der Waals surface area contributed by atoms with Crippen molar-refractivity contribution < 1.29 is 18.0 Å². The molecule has 1 saturated heterocycles. The highest BCUT2D eigenvalue weighted by molar-refractivity contribution is 5.95. The normalized spacial score (nSPS) is 20.6. The van der Waals surface area contributed by atoms with E-state index in [9.17, 15) is 18.0 Å². The highest BCUT2D eigenvalue weighted by Crippen LogP contribution is 2.28. The summed E-state index contributed by atoms with van der Waals surface area (Å²) in [5.74, 6) is -1.76. The highest BCUT2D eigenvalue weighted by Gasteiger charge is 2.28. The van der Waals surface area contributed by atoms with E-state index in [4.69, 9.17) is 0 Å². The lowest BCUT2D eigenvalue weighted by Crippen LogP contribution is -2.46. The van der Waals surface area contributed by atoms with E-state index in [1.165, 1.54) is 24.7 Å². The number of aromatic nitrogens is 3. The van der Waals surface area contributed by atoms with E-state index in [1.807, 2.05) is 11.9 Å². The van der Waals surface area contributed by atoms with Gasteiger partial charge in [-0.3, -0.25) is 4.79 Å². The van der Waals surface area contributed by atoms with Gasteiger partial charge in [-0.2, -0.15) is 4.39 Å². The van der Waals surface area contributed by atoms with Crippen molar-refractivity contribution in [2.75, 3.05) is 25.5 Å². The smallest absolute Gasteiger partial charge is 0.254 e. The minimum Gasteiger partial charge on any atom is -0.378 e. The van der Waals surface area contributed by atoms with Crippen LogP contribution in [0.3, 0.4) is 0 Å². The fourth-order valence-corrected chi connectivity index (χ4v) is 4.34. The van der Waals surface area contributed by atoms with E-state index in [1.54, 1.807) is 23.8 Å². The van der Waals surface area contributed by atoms with Crippen LogP contribution in [-0.2, 0) is 0 Å². The summed E-state index contributed by atoms with van der Waals surface area (Å²) in [7, 11) is 1.88. The first-order chi connectivity index (χ1) is 16.8. The second-order valence-electron chi connectivity index (χ2n) is 9.41. The number of imidazole rings is 1. The largest absolute Gasteiger partial charge is 0.378 e. The zero-order valence-corrected chi connectivity index (χ0v) is 19.6. The van der Waals surface area contributed by atoms with Crippen molar-refractivity contribution in [2.24, 2.45) is 0 Å². The van der Waals surface area contributed by atoms with Crippen LogP contribution in [0.5, 0.6) is 0 Å². The Morgan fingerprint density at radius 2 is 1.94 bits per heavy atom. The molecule has 1 aliphatic carbocycles. The molecule has 2 N–H and O–H groups in total. The number of piperidine rings is 1. The molecule has 1 amide bonds. The number of nitrogens with zero attached hydrogens (tertiary/aromatic N) is 4. The van der Waals surface area contributed by atoms with Crippen LogP contribution >= 0.6 is 0 Å². The summed E-state index contributed by atoms with van der Waals surface area (Å²) in [6.45, 7) is 2.82. The van der Waals surface area contributed by atoms with Crippen LogP contribution in [0.4, 0.5) is 18.9 Å². The summed E-state index contributed by atoms with van der Waals surface area (Å²) in [4.78, 5) is 22.5. The number of amides is 1. The van der Waals surface area contributed by atoms with Gasteiger partial charge >= 0.3 is 0 Å². The lowest BCUT2D eigenvalue weighted by molar-refractivity contribution is 0.0947. The van der Waals surface area contributed by atoms with E-state index < -0.39 is 23.8 Å². The average Bonchev–Trinajstić information content (AvgIpc) is 3.49. The quantitative estimate of drug-likeness (QED) is 0.520. The molecule has 3 heterocycles. The zero-order valence-electron chi connectivity index (χ0n) is 19.6. The monoisotopic (exact) mass is 484 g/mol. The Balaban J connectivity index is 1.40. The van der Waals surface area contributed by atoms with Gasteiger partial charge in [-0.1, -0.05) is 0 Å². The molecule has 0 unspecified atom stereocenters. The molecule has 1 saturated carbocycles. The van der Waals surface area contributed by atoms with Crippen LogP contribution in [-0.4, -0.2) is 63.7 Å². The van der Waals surface area contributed by atoms with Gasteiger partial charge in [-0.05, 0) is 57.0 Å². The number of anilines is 1. The highest BCUT2D eigenvalue weighted by atomic mass is 19.1.